The summed E-state index contributed by atoms with van der Waals surface area (Å²) in [6.45, 7) is 2.05. The molecule has 5 rings (SSSR count). The zero-order valence-corrected chi connectivity index (χ0v) is 36.5. The smallest absolute Gasteiger partial charge is 0.333 e. The summed E-state index contributed by atoms with van der Waals surface area (Å²) in [5.74, 6) is -3.21. The maximum atomic E-state index is 12.4. The molecule has 1 atom stereocenters. The van der Waals surface area contributed by atoms with Crippen LogP contribution in [0.25, 0.3) is 16.3 Å². The molecule has 19 nitrogen and oxygen atoms in total. The lowest BCUT2D eigenvalue weighted by molar-refractivity contribution is -0.777. The van der Waals surface area contributed by atoms with E-state index in [2.05, 4.69) is 9.37 Å². The van der Waals surface area contributed by atoms with Crippen LogP contribution >= 0.6 is 23.4 Å². The van der Waals surface area contributed by atoms with Gasteiger partial charge in [0, 0.05) is 77.6 Å². The fourth-order valence-electron chi connectivity index (χ4n) is 7.11. The van der Waals surface area contributed by atoms with Crippen molar-refractivity contribution >= 4 is 93.5 Å². The maximum absolute atomic E-state index is 12.4. The van der Waals surface area contributed by atoms with Crippen LogP contribution in [0.3, 0.4) is 0 Å². The van der Waals surface area contributed by atoms with Gasteiger partial charge in [-0.05, 0) is 68.2 Å². The van der Waals surface area contributed by atoms with Gasteiger partial charge in [0.05, 0.1) is 37.2 Å². The lowest BCUT2D eigenvalue weighted by Crippen LogP contribution is -2.36. The highest BCUT2D eigenvalue weighted by Crippen LogP contribution is 2.51. The van der Waals surface area contributed by atoms with Crippen molar-refractivity contribution in [3.63, 3.8) is 0 Å². The van der Waals surface area contributed by atoms with Crippen LogP contribution in [0, 0.1) is 0 Å². The number of rotatable bonds is 22. The molecule has 24 heteroatoms. The van der Waals surface area contributed by atoms with E-state index in [0.29, 0.717) is 69.6 Å². The molecule has 0 aliphatic carbocycles. The number of hydrogen-bond donors (Lipinski definition) is 0. The van der Waals surface area contributed by atoms with Gasteiger partial charge in [-0.3, -0.25) is 14.6 Å². The number of thiazole rings is 1. The molecule has 62 heavy (non-hydrogen) atoms. The van der Waals surface area contributed by atoms with Gasteiger partial charge in [-0.15, -0.1) is 5.06 Å². The highest BCUT2D eigenvalue weighted by Gasteiger charge is 2.43. The van der Waals surface area contributed by atoms with E-state index in [-0.39, 0.29) is 52.6 Å². The molecule has 0 N–H and O–H groups in total. The van der Waals surface area contributed by atoms with Gasteiger partial charge in [-0.2, -0.15) is 8.90 Å². The average Bonchev–Trinajstić information content (AvgIpc) is 3.76. The highest BCUT2D eigenvalue weighted by atomic mass is 32.2. The van der Waals surface area contributed by atoms with E-state index in [1.165, 1.54) is 23.5 Å². The van der Waals surface area contributed by atoms with Crippen molar-refractivity contribution in [2.75, 3.05) is 23.0 Å². The Hall–Kier alpha value is -4.08. The zero-order chi connectivity index (χ0) is 44.6. The largest absolute Gasteiger partial charge is 0.748 e. The Morgan fingerprint density at radius 3 is 2.26 bits per heavy atom. The number of hydroxylamine groups is 2. The topological polar surface area (TPSA) is 284 Å². The average molecular weight is 959 g/mol. The Balaban J connectivity index is 0.00000845. The summed E-state index contributed by atoms with van der Waals surface area (Å²) in [5, 5.41) is 14.9. The van der Waals surface area contributed by atoms with E-state index >= 15 is 0 Å². The normalized spacial score (nSPS) is 17.9. The lowest BCUT2D eigenvalue weighted by atomic mass is 9.77. The molecule has 2 aliphatic rings. The van der Waals surface area contributed by atoms with Crippen LogP contribution in [0.1, 0.15) is 82.7 Å². The summed E-state index contributed by atoms with van der Waals surface area (Å²) in [4.78, 5) is 42.8. The SMILES string of the molecule is C.CC1(CCCCCC(=O)ON2C(=O)CCC2=O)/C(=C/C=C/C=C/c2sc3cc(SOO[O-])ccc3[n+]2CCCS(=O)(=O)[O-])N(CCCS(=O)(=O)[O-])c2ccc(S(=O)(=O)[O-])cc21. The second-order valence-electron chi connectivity index (χ2n) is 14.2. The van der Waals surface area contributed by atoms with E-state index in [1.54, 1.807) is 53.5 Å². The predicted molar refractivity (Wildman–Crippen MR) is 221 cm³/mol. The number of aryl methyl sites for hydroxylation is 1. The molecule has 3 heterocycles. The highest BCUT2D eigenvalue weighted by molar-refractivity contribution is 7.94. The third-order valence-electron chi connectivity index (χ3n) is 9.88. The van der Waals surface area contributed by atoms with Crippen molar-refractivity contribution in [3.8, 4) is 0 Å². The third-order valence-corrected chi connectivity index (χ3v) is 14.0. The molecular weight excluding hydrogens is 915 g/mol. The number of fused-ring (bicyclic) bond motifs is 2. The van der Waals surface area contributed by atoms with Crippen molar-refractivity contribution in [1.29, 1.82) is 0 Å². The summed E-state index contributed by atoms with van der Waals surface area (Å²) in [7, 11) is -13.9. The first-order chi connectivity index (χ1) is 28.7. The summed E-state index contributed by atoms with van der Waals surface area (Å²) in [6.07, 6.45) is 9.91. The second kappa shape index (κ2) is 21.5. The molecule has 2 amide bonds. The minimum Gasteiger partial charge on any atom is -0.748 e. The van der Waals surface area contributed by atoms with E-state index in [1.807, 2.05) is 11.5 Å². The molecule has 1 unspecified atom stereocenters. The number of aromatic nitrogens is 1. The van der Waals surface area contributed by atoms with Gasteiger partial charge in [-0.1, -0.05) is 49.8 Å². The fourth-order valence-corrected chi connectivity index (χ4v) is 10.2. The number of unbranched alkanes of at least 4 members (excludes halogenated alkanes) is 2. The van der Waals surface area contributed by atoms with Gasteiger partial charge >= 0.3 is 5.97 Å². The number of carbonyl (C=O) groups excluding carboxylic acids is 3. The lowest BCUT2D eigenvalue weighted by Gasteiger charge is -2.31. The first-order valence-corrected chi connectivity index (χ1v) is 24.8. The number of nitrogens with zero attached hydrogens (tertiary/aromatic N) is 3. The van der Waals surface area contributed by atoms with Crippen LogP contribution < -0.4 is 14.7 Å². The van der Waals surface area contributed by atoms with Crippen molar-refractivity contribution in [3.05, 3.63) is 77.0 Å². The van der Waals surface area contributed by atoms with Gasteiger partial charge in [0.15, 0.2) is 6.54 Å². The number of imide groups is 1. The standard InChI is InChI=1S/C37H43N3O16S5.CH4/c1-37(19-7-3-6-12-36(43)54-40-33(41)17-18-34(40)42)28-25-27(61(51,52)53)14-16-29(28)38(20-8-22-59(45,46)47)32(37)10-4-2-5-11-35-39(21-9-23-60(48,49)50)30-15-13-26(58-56-55-44)24-31(30)57-35;/h2,4-5,10-11,13-16,24-25H,3,6-9,12,17-23H2,1H3,(H3-,44,45,46,47,48,49,50,51,52,53);1H4/p-3. The van der Waals surface area contributed by atoms with Crippen molar-refractivity contribution in [2.45, 2.75) is 93.9 Å². The molecule has 1 saturated heterocycles. The number of allylic oxidation sites excluding steroid dienone is 5. The van der Waals surface area contributed by atoms with Crippen molar-refractivity contribution < 1.29 is 77.3 Å². The predicted octanol–water partition coefficient (Wildman–Crippen LogP) is 3.62. The monoisotopic (exact) mass is 958 g/mol. The number of anilines is 1. The van der Waals surface area contributed by atoms with Crippen LogP contribution in [0.5, 0.6) is 0 Å². The number of carbonyl (C=O) groups is 3. The number of benzene rings is 2. The Morgan fingerprint density at radius 2 is 1.60 bits per heavy atom. The van der Waals surface area contributed by atoms with E-state index in [0.717, 1.165) is 16.3 Å². The van der Waals surface area contributed by atoms with Crippen LogP contribution in [-0.4, -0.2) is 79.8 Å². The molecular formula is C38H44N3O16S5-3. The number of amides is 2. The first kappa shape index (κ1) is 50.6. The summed E-state index contributed by atoms with van der Waals surface area (Å²) < 4.78 is 112. The second-order valence-corrected chi connectivity index (χ2v) is 20.5. The minimum absolute atomic E-state index is 0. The number of hydrogen-bond acceptors (Lipinski definition) is 19. The summed E-state index contributed by atoms with van der Waals surface area (Å²) in [5.41, 5.74) is 1.28. The van der Waals surface area contributed by atoms with Crippen molar-refractivity contribution in [1.82, 2.24) is 5.06 Å². The van der Waals surface area contributed by atoms with Gasteiger partial charge in [0.2, 0.25) is 5.52 Å². The van der Waals surface area contributed by atoms with E-state index < -0.39 is 70.0 Å². The molecule has 1 fully saturated rings. The zero-order valence-electron chi connectivity index (χ0n) is 32.5. The molecule has 0 bridgehead atoms. The first-order valence-electron chi connectivity index (χ1n) is 18.7. The Bertz CT molecular complexity index is 2560. The third kappa shape index (κ3) is 13.5. The molecule has 0 radical (unpaired) electrons. The Morgan fingerprint density at radius 1 is 0.903 bits per heavy atom. The van der Waals surface area contributed by atoms with E-state index in [4.69, 9.17) is 4.84 Å². The molecule has 0 spiro atoms. The molecule has 1 aromatic heterocycles. The quantitative estimate of drug-likeness (QED) is 0.0203. The van der Waals surface area contributed by atoms with Gasteiger partial charge in [0.25, 0.3) is 16.8 Å². The van der Waals surface area contributed by atoms with Crippen LogP contribution in [0.4, 0.5) is 5.69 Å². The van der Waals surface area contributed by atoms with E-state index in [9.17, 15) is 58.6 Å². The van der Waals surface area contributed by atoms with Crippen LogP contribution in [-0.2, 0) is 70.9 Å². The Kier molecular flexibility index (Phi) is 17.6. The fraction of sp³-hybridized carbons (Fsp3) is 0.421. The molecule has 340 valence electrons. The molecule has 2 aromatic carbocycles. The molecule has 0 saturated carbocycles. The Labute approximate surface area is 367 Å². The maximum Gasteiger partial charge on any atom is 0.333 e. The van der Waals surface area contributed by atoms with Crippen molar-refractivity contribution in [2.24, 2.45) is 0 Å². The van der Waals surface area contributed by atoms with Gasteiger partial charge in [0.1, 0.15) is 14.8 Å². The summed E-state index contributed by atoms with van der Waals surface area (Å²) >= 11 is 2.03. The van der Waals surface area contributed by atoms with Crippen LogP contribution in [0.15, 0.2) is 76.2 Å². The van der Waals surface area contributed by atoms with Gasteiger partial charge in [-0.25, -0.2) is 30.0 Å². The molecule has 2 aliphatic heterocycles. The van der Waals surface area contributed by atoms with Crippen LogP contribution in [0.2, 0.25) is 0 Å². The molecule has 3 aromatic rings. The summed E-state index contributed by atoms with van der Waals surface area (Å²) in [6, 6.07) is 9.03. The van der Waals surface area contributed by atoms with Gasteiger partial charge < -0.3 is 28.7 Å². The minimum atomic E-state index is -4.89.